The number of rotatable bonds is 6. The molecule has 10 aromatic carbocycles. The third-order valence-electron chi connectivity index (χ3n) is 15.1. The van der Waals surface area contributed by atoms with Crippen LogP contribution in [-0.4, -0.2) is 0 Å². The van der Waals surface area contributed by atoms with Crippen molar-refractivity contribution < 1.29 is 0 Å². The van der Waals surface area contributed by atoms with E-state index in [4.69, 9.17) is 0 Å². The van der Waals surface area contributed by atoms with Crippen molar-refractivity contribution in [3.05, 3.63) is 258 Å². The summed E-state index contributed by atoms with van der Waals surface area (Å²) in [7, 11) is 0. The number of hydrogen-bond acceptors (Lipinski definition) is 1. The molecule has 0 N–H and O–H groups in total. The van der Waals surface area contributed by atoms with Crippen molar-refractivity contribution in [1.82, 2.24) is 0 Å². The van der Waals surface area contributed by atoms with Crippen molar-refractivity contribution in [1.29, 1.82) is 0 Å². The monoisotopic (exact) mass is 817 g/mol. The fourth-order valence-corrected chi connectivity index (χ4v) is 12.3. The zero-order chi connectivity index (χ0) is 42.2. The molecule has 1 heteroatoms. The van der Waals surface area contributed by atoms with E-state index >= 15 is 0 Å². The Morgan fingerprint density at radius 1 is 0.312 bits per heavy atom. The topological polar surface area (TPSA) is 3.24 Å². The molecule has 0 amide bonds. The van der Waals surface area contributed by atoms with Crippen LogP contribution >= 0.6 is 0 Å². The predicted molar refractivity (Wildman–Crippen MR) is 268 cm³/mol. The van der Waals surface area contributed by atoms with E-state index in [-0.39, 0.29) is 5.41 Å². The van der Waals surface area contributed by atoms with Gasteiger partial charge in [0.15, 0.2) is 0 Å². The summed E-state index contributed by atoms with van der Waals surface area (Å²) in [6.45, 7) is 0. The van der Waals surface area contributed by atoms with Crippen LogP contribution in [0.2, 0.25) is 0 Å². The van der Waals surface area contributed by atoms with Crippen LogP contribution in [-0.2, 0) is 10.8 Å². The van der Waals surface area contributed by atoms with Gasteiger partial charge in [0, 0.05) is 22.5 Å². The van der Waals surface area contributed by atoms with Gasteiger partial charge in [0.1, 0.15) is 0 Å². The summed E-state index contributed by atoms with van der Waals surface area (Å²) < 4.78 is 0. The molecular formula is C63H47N. The van der Waals surface area contributed by atoms with Crippen LogP contribution in [0.15, 0.2) is 224 Å². The Morgan fingerprint density at radius 2 is 0.859 bits per heavy atom. The zero-order valence-corrected chi connectivity index (χ0v) is 35.8. The van der Waals surface area contributed by atoms with Crippen molar-refractivity contribution in [2.75, 3.05) is 4.90 Å². The van der Waals surface area contributed by atoms with Crippen molar-refractivity contribution >= 4 is 38.6 Å². The summed E-state index contributed by atoms with van der Waals surface area (Å²) in [4.78, 5) is 2.51. The first-order chi connectivity index (χ1) is 31.7. The molecule has 1 nitrogen and oxygen atoms in total. The molecule has 1 saturated carbocycles. The second-order valence-corrected chi connectivity index (χ2v) is 18.3. The molecular weight excluding hydrogens is 771 g/mol. The van der Waals surface area contributed by atoms with Crippen molar-refractivity contribution in [3.8, 4) is 33.4 Å². The zero-order valence-electron chi connectivity index (χ0n) is 35.8. The molecule has 0 radical (unpaired) electrons. The molecule has 0 heterocycles. The minimum absolute atomic E-state index is 0.103. The van der Waals surface area contributed by atoms with Gasteiger partial charge < -0.3 is 4.90 Å². The number of benzene rings is 10. The maximum absolute atomic E-state index is 2.51. The molecule has 3 aliphatic carbocycles. The second-order valence-electron chi connectivity index (χ2n) is 18.3. The fourth-order valence-electron chi connectivity index (χ4n) is 12.3. The van der Waals surface area contributed by atoms with Gasteiger partial charge in [-0.15, -0.1) is 0 Å². The Bertz CT molecular complexity index is 3370. The fraction of sp³-hybridized carbons (Fsp3) is 0.111. The average molecular weight is 818 g/mol. The van der Waals surface area contributed by atoms with Gasteiger partial charge in [0.2, 0.25) is 0 Å². The van der Waals surface area contributed by atoms with Gasteiger partial charge in [-0.2, -0.15) is 0 Å². The lowest BCUT2D eigenvalue weighted by atomic mass is 9.67. The number of fused-ring (bicyclic) bond motifs is 11. The number of hydrogen-bond donors (Lipinski definition) is 0. The van der Waals surface area contributed by atoms with Crippen LogP contribution in [0.4, 0.5) is 17.1 Å². The van der Waals surface area contributed by atoms with Gasteiger partial charge in [-0.05, 0) is 144 Å². The molecule has 0 saturated heterocycles. The summed E-state index contributed by atoms with van der Waals surface area (Å²) in [6.07, 6.45) is 6.33. The lowest BCUT2D eigenvalue weighted by Gasteiger charge is -2.36. The Hall–Kier alpha value is -7.48. The molecule has 0 unspecified atom stereocenters. The molecule has 3 aliphatic rings. The molecule has 64 heavy (non-hydrogen) atoms. The van der Waals surface area contributed by atoms with Gasteiger partial charge in [0.25, 0.3) is 0 Å². The third kappa shape index (κ3) is 5.43. The minimum Gasteiger partial charge on any atom is -0.310 e. The summed E-state index contributed by atoms with van der Waals surface area (Å²) in [6, 6.07) is 84.6. The predicted octanol–water partition coefficient (Wildman–Crippen LogP) is 16.7. The van der Waals surface area contributed by atoms with Crippen LogP contribution in [0, 0.1) is 0 Å². The van der Waals surface area contributed by atoms with Gasteiger partial charge in [-0.1, -0.05) is 201 Å². The molecule has 304 valence electrons. The first-order valence-corrected chi connectivity index (χ1v) is 23.1. The maximum atomic E-state index is 2.51. The van der Waals surface area contributed by atoms with Crippen LogP contribution < -0.4 is 4.90 Å². The lowest BCUT2D eigenvalue weighted by molar-refractivity contribution is 0.353. The Balaban J connectivity index is 1.01. The van der Waals surface area contributed by atoms with E-state index in [0.29, 0.717) is 0 Å². The van der Waals surface area contributed by atoms with Crippen LogP contribution in [0.25, 0.3) is 54.9 Å². The second kappa shape index (κ2) is 14.5. The highest BCUT2D eigenvalue weighted by Crippen LogP contribution is 2.59. The van der Waals surface area contributed by atoms with E-state index in [2.05, 4.69) is 229 Å². The Morgan fingerprint density at radius 3 is 1.62 bits per heavy atom. The first kappa shape index (κ1) is 37.1. The number of nitrogens with zero attached hydrogens (tertiary/aromatic N) is 1. The average Bonchev–Trinajstić information content (AvgIpc) is 3.81. The van der Waals surface area contributed by atoms with Crippen LogP contribution in [0.1, 0.15) is 65.5 Å². The van der Waals surface area contributed by atoms with E-state index in [1.807, 2.05) is 0 Å². The van der Waals surface area contributed by atoms with Gasteiger partial charge in [0.05, 0.1) is 5.41 Å². The van der Waals surface area contributed by atoms with Gasteiger partial charge in [-0.25, -0.2) is 0 Å². The molecule has 10 aromatic rings. The van der Waals surface area contributed by atoms with E-state index in [1.54, 1.807) is 0 Å². The Labute approximate surface area is 375 Å². The van der Waals surface area contributed by atoms with E-state index in [0.717, 1.165) is 11.4 Å². The minimum atomic E-state index is -0.494. The summed E-state index contributed by atoms with van der Waals surface area (Å²) in [5.74, 6) is 0. The molecule has 0 aromatic heterocycles. The molecule has 1 spiro atoms. The highest BCUT2D eigenvalue weighted by molar-refractivity contribution is 6.08. The Kier molecular flexibility index (Phi) is 8.43. The smallest absolute Gasteiger partial charge is 0.0714 e. The van der Waals surface area contributed by atoms with Crippen LogP contribution in [0.5, 0.6) is 0 Å². The SMILES string of the molecule is c1ccc(C2(c3ccccc3)c3ccccc3-c3ccc(N(c4ccc(-c5ccc6c(ccc7ccccc76)c5)cc4)c4ccc5c(c4)-c4ccccc4C54CCCCC4)cc32)cc1. The highest BCUT2D eigenvalue weighted by atomic mass is 15.1. The first-order valence-electron chi connectivity index (χ1n) is 23.1. The lowest BCUT2D eigenvalue weighted by Crippen LogP contribution is -2.28. The van der Waals surface area contributed by atoms with Crippen molar-refractivity contribution in [3.63, 3.8) is 0 Å². The largest absolute Gasteiger partial charge is 0.310 e. The van der Waals surface area contributed by atoms with E-state index in [9.17, 15) is 0 Å². The third-order valence-corrected chi connectivity index (χ3v) is 15.1. The van der Waals surface area contributed by atoms with Gasteiger partial charge >= 0.3 is 0 Å². The molecule has 13 rings (SSSR count). The van der Waals surface area contributed by atoms with Crippen molar-refractivity contribution in [2.45, 2.75) is 42.9 Å². The van der Waals surface area contributed by atoms with E-state index < -0.39 is 5.41 Å². The molecule has 1 fully saturated rings. The standard InChI is InChI=1S/C63H47N/c1-4-17-47(18-5-1)63(48-19-6-2-7-20-48)60-25-13-11-22-54(60)56-36-33-51(42-61(56)63)64(50-34-37-59-57(41-50)55-23-10-12-24-58(55)62(59)38-14-3-15-39-62)49-31-28-43(29-32-49)45-30-35-53-46(40-45)27-26-44-16-8-9-21-52(44)53/h1-2,4-13,16-37,40-42H,3,14-15,38-39H2. The quantitative estimate of drug-likeness (QED) is 0.151. The summed E-state index contributed by atoms with van der Waals surface area (Å²) in [5.41, 5.74) is 19.1. The maximum Gasteiger partial charge on any atom is 0.0714 e. The normalized spacial score (nSPS) is 15.1. The summed E-state index contributed by atoms with van der Waals surface area (Å²) >= 11 is 0. The van der Waals surface area contributed by atoms with Crippen molar-refractivity contribution in [2.24, 2.45) is 0 Å². The summed E-state index contributed by atoms with van der Waals surface area (Å²) in [5, 5.41) is 5.12. The highest BCUT2D eigenvalue weighted by Gasteiger charge is 2.47. The van der Waals surface area contributed by atoms with E-state index in [1.165, 1.54) is 126 Å². The van der Waals surface area contributed by atoms with Gasteiger partial charge in [-0.3, -0.25) is 0 Å². The van der Waals surface area contributed by atoms with Crippen LogP contribution in [0.3, 0.4) is 0 Å². The molecule has 0 atom stereocenters. The molecule has 0 bridgehead atoms. The molecule has 0 aliphatic heterocycles. The number of anilines is 3.